The number of likely N-dealkylation sites (N-methyl/N-ethyl adjacent to an activating group) is 2. The van der Waals surface area contributed by atoms with Crippen molar-refractivity contribution in [3.8, 4) is 0 Å². The second-order valence-electron chi connectivity index (χ2n) is 5.33. The Morgan fingerprint density at radius 2 is 2.17 bits per heavy atom. The van der Waals surface area contributed by atoms with Gasteiger partial charge in [0.15, 0.2) is 0 Å². The molecule has 5 heteroatoms. The molecule has 2 heterocycles. The standard InChI is InChI=1S/C13H24N4O/c1-10-12(9-18)13(17(4)14-10)16(3)8-11-6-5-7-15(11)2/h11,18H,5-9H2,1-4H3. The van der Waals surface area contributed by atoms with Crippen LogP contribution >= 0.6 is 0 Å². The topological polar surface area (TPSA) is 44.5 Å². The Balaban J connectivity index is 2.15. The van der Waals surface area contributed by atoms with Crippen LogP contribution in [0.5, 0.6) is 0 Å². The van der Waals surface area contributed by atoms with Crippen molar-refractivity contribution in [3.63, 3.8) is 0 Å². The Morgan fingerprint density at radius 3 is 2.72 bits per heavy atom. The Hall–Kier alpha value is -1.07. The monoisotopic (exact) mass is 252 g/mol. The van der Waals surface area contributed by atoms with Gasteiger partial charge in [-0.25, -0.2) is 0 Å². The summed E-state index contributed by atoms with van der Waals surface area (Å²) in [6.07, 6.45) is 2.54. The molecule has 0 saturated carbocycles. The average molecular weight is 252 g/mol. The van der Waals surface area contributed by atoms with Gasteiger partial charge >= 0.3 is 0 Å². The predicted molar refractivity (Wildman–Crippen MR) is 72.8 cm³/mol. The van der Waals surface area contributed by atoms with E-state index in [9.17, 15) is 5.11 Å². The van der Waals surface area contributed by atoms with Gasteiger partial charge in [0.1, 0.15) is 5.82 Å². The van der Waals surface area contributed by atoms with E-state index in [2.05, 4.69) is 29.0 Å². The fourth-order valence-electron chi connectivity index (χ4n) is 2.96. The summed E-state index contributed by atoms with van der Waals surface area (Å²) < 4.78 is 1.87. The highest BCUT2D eigenvalue weighted by Gasteiger charge is 2.24. The highest BCUT2D eigenvalue weighted by Crippen LogP contribution is 2.24. The molecule has 2 rings (SSSR count). The highest BCUT2D eigenvalue weighted by molar-refractivity contribution is 5.49. The number of aliphatic hydroxyl groups excluding tert-OH is 1. The number of aliphatic hydroxyl groups is 1. The molecule has 1 aromatic heterocycles. The van der Waals surface area contributed by atoms with Crippen molar-refractivity contribution in [1.82, 2.24) is 14.7 Å². The number of aryl methyl sites for hydroxylation is 2. The first-order valence-corrected chi connectivity index (χ1v) is 6.59. The summed E-state index contributed by atoms with van der Waals surface area (Å²) in [4.78, 5) is 4.64. The van der Waals surface area contributed by atoms with Gasteiger partial charge in [-0.2, -0.15) is 5.10 Å². The molecule has 1 unspecified atom stereocenters. The van der Waals surface area contributed by atoms with Crippen molar-refractivity contribution in [3.05, 3.63) is 11.3 Å². The van der Waals surface area contributed by atoms with Crippen molar-refractivity contribution >= 4 is 5.82 Å². The van der Waals surface area contributed by atoms with E-state index in [4.69, 9.17) is 0 Å². The van der Waals surface area contributed by atoms with Gasteiger partial charge in [0.25, 0.3) is 0 Å². The number of nitrogens with zero attached hydrogens (tertiary/aromatic N) is 4. The Labute approximate surface area is 109 Å². The Morgan fingerprint density at radius 1 is 1.44 bits per heavy atom. The van der Waals surface area contributed by atoms with Crippen LogP contribution in [0.15, 0.2) is 0 Å². The van der Waals surface area contributed by atoms with Crippen LogP contribution < -0.4 is 4.90 Å². The minimum absolute atomic E-state index is 0.0554. The highest BCUT2D eigenvalue weighted by atomic mass is 16.3. The molecular weight excluding hydrogens is 228 g/mol. The second-order valence-corrected chi connectivity index (χ2v) is 5.33. The zero-order valence-corrected chi connectivity index (χ0v) is 11.8. The van der Waals surface area contributed by atoms with Crippen LogP contribution in [0.1, 0.15) is 24.1 Å². The molecular formula is C13H24N4O. The third-order valence-electron chi connectivity index (χ3n) is 3.99. The molecule has 0 aliphatic carbocycles. The zero-order chi connectivity index (χ0) is 13.3. The molecule has 0 aromatic carbocycles. The first kappa shape index (κ1) is 13.4. The van der Waals surface area contributed by atoms with Crippen LogP contribution in [0.4, 0.5) is 5.82 Å². The minimum Gasteiger partial charge on any atom is -0.391 e. The first-order chi connectivity index (χ1) is 8.54. The maximum absolute atomic E-state index is 9.48. The third kappa shape index (κ3) is 2.37. The van der Waals surface area contributed by atoms with Gasteiger partial charge in [-0.1, -0.05) is 0 Å². The Bertz CT molecular complexity index is 415. The molecule has 0 spiro atoms. The van der Waals surface area contributed by atoms with Gasteiger partial charge in [-0.3, -0.25) is 4.68 Å². The molecule has 1 aliphatic heterocycles. The number of aromatic nitrogens is 2. The van der Waals surface area contributed by atoms with Crippen LogP contribution in [-0.2, 0) is 13.7 Å². The quantitative estimate of drug-likeness (QED) is 0.859. The van der Waals surface area contributed by atoms with Gasteiger partial charge in [-0.15, -0.1) is 0 Å². The molecule has 1 saturated heterocycles. The van der Waals surface area contributed by atoms with E-state index in [1.807, 2.05) is 18.7 Å². The average Bonchev–Trinajstić information content (AvgIpc) is 2.82. The SMILES string of the molecule is Cc1nn(C)c(N(C)CC2CCCN2C)c1CO. The fourth-order valence-corrected chi connectivity index (χ4v) is 2.96. The number of hydrogen-bond donors (Lipinski definition) is 1. The summed E-state index contributed by atoms with van der Waals surface area (Å²) in [6, 6.07) is 0.608. The van der Waals surface area contributed by atoms with Crippen molar-refractivity contribution in [2.45, 2.75) is 32.4 Å². The normalized spacial score (nSPS) is 20.6. The second kappa shape index (κ2) is 5.28. The fraction of sp³-hybridized carbons (Fsp3) is 0.769. The summed E-state index contributed by atoms with van der Waals surface area (Å²) in [5.74, 6) is 1.04. The van der Waals surface area contributed by atoms with Crippen LogP contribution in [0.3, 0.4) is 0 Å². The van der Waals surface area contributed by atoms with E-state index in [0.29, 0.717) is 6.04 Å². The van der Waals surface area contributed by atoms with E-state index < -0.39 is 0 Å². The third-order valence-corrected chi connectivity index (χ3v) is 3.99. The number of hydrogen-bond acceptors (Lipinski definition) is 4. The van der Waals surface area contributed by atoms with E-state index in [0.717, 1.165) is 23.6 Å². The molecule has 1 N–H and O–H groups in total. The minimum atomic E-state index is 0.0554. The molecule has 102 valence electrons. The van der Waals surface area contributed by atoms with Crippen LogP contribution in [0.25, 0.3) is 0 Å². The molecule has 0 amide bonds. The predicted octanol–water partition coefficient (Wildman–Crippen LogP) is 0.751. The van der Waals surface area contributed by atoms with E-state index >= 15 is 0 Å². The first-order valence-electron chi connectivity index (χ1n) is 6.59. The molecule has 0 radical (unpaired) electrons. The lowest BCUT2D eigenvalue weighted by molar-refractivity contribution is 0.280. The molecule has 1 aliphatic rings. The number of anilines is 1. The summed E-state index contributed by atoms with van der Waals surface area (Å²) >= 11 is 0. The smallest absolute Gasteiger partial charge is 0.132 e. The molecule has 5 nitrogen and oxygen atoms in total. The number of likely N-dealkylation sites (tertiary alicyclic amines) is 1. The molecule has 1 atom stereocenters. The van der Waals surface area contributed by atoms with Gasteiger partial charge in [0, 0.05) is 32.2 Å². The summed E-state index contributed by atoms with van der Waals surface area (Å²) in [5.41, 5.74) is 1.86. The van der Waals surface area contributed by atoms with E-state index in [1.165, 1.54) is 19.4 Å². The van der Waals surface area contributed by atoms with Crippen molar-refractivity contribution < 1.29 is 5.11 Å². The molecule has 18 heavy (non-hydrogen) atoms. The van der Waals surface area contributed by atoms with Crippen molar-refractivity contribution in [2.24, 2.45) is 7.05 Å². The zero-order valence-electron chi connectivity index (χ0n) is 11.8. The summed E-state index contributed by atoms with van der Waals surface area (Å²) in [5, 5.41) is 13.9. The van der Waals surface area contributed by atoms with Gasteiger partial charge in [-0.05, 0) is 33.4 Å². The van der Waals surface area contributed by atoms with E-state index in [-0.39, 0.29) is 6.61 Å². The van der Waals surface area contributed by atoms with Crippen LogP contribution in [0.2, 0.25) is 0 Å². The lowest BCUT2D eigenvalue weighted by atomic mass is 10.2. The lowest BCUT2D eigenvalue weighted by Gasteiger charge is -2.27. The van der Waals surface area contributed by atoms with Gasteiger partial charge in [0.2, 0.25) is 0 Å². The Kier molecular flexibility index (Phi) is 3.92. The van der Waals surface area contributed by atoms with E-state index in [1.54, 1.807) is 0 Å². The van der Waals surface area contributed by atoms with Crippen molar-refractivity contribution in [1.29, 1.82) is 0 Å². The van der Waals surface area contributed by atoms with Gasteiger partial charge < -0.3 is 14.9 Å². The maximum atomic E-state index is 9.48. The molecule has 0 bridgehead atoms. The van der Waals surface area contributed by atoms with Crippen LogP contribution in [0, 0.1) is 6.92 Å². The molecule has 1 aromatic rings. The largest absolute Gasteiger partial charge is 0.391 e. The summed E-state index contributed by atoms with van der Waals surface area (Å²) in [6.45, 7) is 4.18. The van der Waals surface area contributed by atoms with Crippen LogP contribution in [-0.4, -0.2) is 53.0 Å². The number of rotatable bonds is 4. The lowest BCUT2D eigenvalue weighted by Crippen LogP contribution is -2.37. The summed E-state index contributed by atoms with van der Waals surface area (Å²) in [7, 11) is 6.21. The molecule has 1 fully saturated rings. The van der Waals surface area contributed by atoms with Crippen molar-refractivity contribution in [2.75, 3.05) is 32.1 Å². The van der Waals surface area contributed by atoms with Gasteiger partial charge in [0.05, 0.1) is 12.3 Å². The maximum Gasteiger partial charge on any atom is 0.132 e.